The van der Waals surface area contributed by atoms with Crippen LogP contribution in [0.1, 0.15) is 20.7 Å². The van der Waals surface area contributed by atoms with Gasteiger partial charge in [-0.15, -0.1) is 0 Å². The number of methoxy groups -OCH3 is 2. The van der Waals surface area contributed by atoms with E-state index in [4.69, 9.17) is 14.6 Å². The van der Waals surface area contributed by atoms with Crippen molar-refractivity contribution in [2.75, 3.05) is 19.5 Å². The van der Waals surface area contributed by atoms with Gasteiger partial charge in [-0.1, -0.05) is 0 Å². The normalized spacial score (nSPS) is 10.0. The highest BCUT2D eigenvalue weighted by Gasteiger charge is 2.14. The van der Waals surface area contributed by atoms with Gasteiger partial charge in [0, 0.05) is 11.3 Å². The smallest absolute Gasteiger partial charge is 0.339 e. The molecule has 7 heteroatoms. The lowest BCUT2D eigenvalue weighted by Crippen LogP contribution is -2.12. The number of aromatic carboxylic acids is 1. The summed E-state index contributed by atoms with van der Waals surface area (Å²) in [5.41, 5.74) is 0.266. The van der Waals surface area contributed by atoms with Crippen LogP contribution in [-0.4, -0.2) is 36.3 Å². The van der Waals surface area contributed by atoms with Crippen molar-refractivity contribution in [3.63, 3.8) is 0 Å². The standard InChI is InChI=1S/C16H15NO6/c1-22-13-6-3-9(7-14(13)23-2)15(19)17-10-4-5-12(18)11(8-10)16(20)21/h3-8,18H,1-2H3,(H,17,19)(H,20,21). The largest absolute Gasteiger partial charge is 0.507 e. The fourth-order valence-electron chi connectivity index (χ4n) is 1.97. The van der Waals surface area contributed by atoms with E-state index in [0.29, 0.717) is 17.1 Å². The lowest BCUT2D eigenvalue weighted by atomic mass is 10.1. The van der Waals surface area contributed by atoms with Gasteiger partial charge in [-0.25, -0.2) is 4.79 Å². The first-order valence-corrected chi connectivity index (χ1v) is 6.56. The Morgan fingerprint density at radius 1 is 1.00 bits per heavy atom. The molecule has 2 rings (SSSR count). The summed E-state index contributed by atoms with van der Waals surface area (Å²) in [7, 11) is 2.94. The zero-order valence-electron chi connectivity index (χ0n) is 12.5. The summed E-state index contributed by atoms with van der Waals surface area (Å²) < 4.78 is 10.2. The summed E-state index contributed by atoms with van der Waals surface area (Å²) in [6.07, 6.45) is 0. The second kappa shape index (κ2) is 6.69. The molecule has 0 bridgehead atoms. The van der Waals surface area contributed by atoms with Crippen LogP contribution in [0, 0.1) is 0 Å². The maximum Gasteiger partial charge on any atom is 0.339 e. The van der Waals surface area contributed by atoms with Gasteiger partial charge in [-0.3, -0.25) is 4.79 Å². The molecule has 7 nitrogen and oxygen atoms in total. The van der Waals surface area contributed by atoms with E-state index in [1.807, 2.05) is 0 Å². The molecule has 0 aliphatic rings. The minimum absolute atomic E-state index is 0.250. The molecule has 0 aliphatic carbocycles. The molecule has 0 radical (unpaired) electrons. The van der Waals surface area contributed by atoms with Gasteiger partial charge in [0.2, 0.25) is 0 Å². The molecule has 3 N–H and O–H groups in total. The maximum absolute atomic E-state index is 12.2. The second-order valence-corrected chi connectivity index (χ2v) is 4.56. The van der Waals surface area contributed by atoms with Gasteiger partial charge in [0.15, 0.2) is 11.5 Å². The van der Waals surface area contributed by atoms with Crippen molar-refractivity contribution in [2.45, 2.75) is 0 Å². The lowest BCUT2D eigenvalue weighted by Gasteiger charge is -2.10. The van der Waals surface area contributed by atoms with Gasteiger partial charge in [-0.05, 0) is 36.4 Å². The first-order chi connectivity index (χ1) is 11.0. The van der Waals surface area contributed by atoms with Crippen LogP contribution in [0.2, 0.25) is 0 Å². The third-order valence-corrected chi connectivity index (χ3v) is 3.13. The minimum Gasteiger partial charge on any atom is -0.507 e. The molecule has 0 aliphatic heterocycles. The molecule has 0 saturated heterocycles. The molecule has 0 saturated carbocycles. The molecule has 2 aromatic rings. The SMILES string of the molecule is COc1ccc(C(=O)Nc2ccc(O)c(C(=O)O)c2)cc1OC. The lowest BCUT2D eigenvalue weighted by molar-refractivity contribution is 0.0693. The number of nitrogens with one attached hydrogen (secondary N) is 1. The predicted octanol–water partition coefficient (Wildman–Crippen LogP) is 2.36. The zero-order valence-corrected chi connectivity index (χ0v) is 12.5. The molecule has 1 amide bonds. The average Bonchev–Trinajstić information content (AvgIpc) is 2.55. The Hall–Kier alpha value is -3.22. The van der Waals surface area contributed by atoms with Crippen molar-refractivity contribution in [3.8, 4) is 17.2 Å². The number of hydrogen-bond acceptors (Lipinski definition) is 5. The van der Waals surface area contributed by atoms with E-state index in [0.717, 1.165) is 0 Å². The van der Waals surface area contributed by atoms with E-state index in [1.54, 1.807) is 12.1 Å². The van der Waals surface area contributed by atoms with Crippen LogP contribution < -0.4 is 14.8 Å². The van der Waals surface area contributed by atoms with E-state index in [9.17, 15) is 14.7 Å². The quantitative estimate of drug-likeness (QED) is 0.731. The van der Waals surface area contributed by atoms with Gasteiger partial charge in [0.05, 0.1) is 14.2 Å². The maximum atomic E-state index is 12.2. The van der Waals surface area contributed by atoms with Gasteiger partial charge >= 0.3 is 5.97 Å². The Morgan fingerprint density at radius 2 is 1.70 bits per heavy atom. The van der Waals surface area contributed by atoms with Crippen molar-refractivity contribution in [3.05, 3.63) is 47.5 Å². The molecule has 0 unspecified atom stereocenters. The Balaban J connectivity index is 2.25. The van der Waals surface area contributed by atoms with Crippen LogP contribution in [0.25, 0.3) is 0 Å². The molecule has 0 heterocycles. The number of carbonyl (C=O) groups excluding carboxylic acids is 1. The third kappa shape index (κ3) is 3.52. The molecule has 2 aromatic carbocycles. The minimum atomic E-state index is -1.29. The summed E-state index contributed by atoms with van der Waals surface area (Å²) in [6, 6.07) is 8.43. The number of aromatic hydroxyl groups is 1. The number of carbonyl (C=O) groups is 2. The average molecular weight is 317 g/mol. The Kier molecular flexibility index (Phi) is 4.70. The number of carboxylic acid groups (broad SMARTS) is 1. The number of ether oxygens (including phenoxy) is 2. The van der Waals surface area contributed by atoms with Crippen LogP contribution in [-0.2, 0) is 0 Å². The Morgan fingerprint density at radius 3 is 2.30 bits per heavy atom. The van der Waals surface area contributed by atoms with Crippen molar-refractivity contribution in [2.24, 2.45) is 0 Å². The number of rotatable bonds is 5. The number of carboxylic acids is 1. The van der Waals surface area contributed by atoms with Crippen LogP contribution in [0.5, 0.6) is 17.2 Å². The summed E-state index contributed by atoms with van der Waals surface area (Å²) in [5.74, 6) is -1.22. The highest BCUT2D eigenvalue weighted by molar-refractivity contribution is 6.05. The summed E-state index contributed by atoms with van der Waals surface area (Å²) in [5, 5.41) is 21.0. The molecule has 120 valence electrons. The van der Waals surface area contributed by atoms with Crippen molar-refractivity contribution in [1.82, 2.24) is 0 Å². The second-order valence-electron chi connectivity index (χ2n) is 4.56. The van der Waals surface area contributed by atoms with E-state index in [2.05, 4.69) is 5.32 Å². The monoisotopic (exact) mass is 317 g/mol. The molecular weight excluding hydrogens is 302 g/mol. The Labute approximate surface area is 132 Å². The molecular formula is C16H15NO6. The zero-order chi connectivity index (χ0) is 17.0. The Bertz CT molecular complexity index is 756. The van der Waals surface area contributed by atoms with E-state index in [1.165, 1.54) is 38.5 Å². The van der Waals surface area contributed by atoms with Gasteiger partial charge in [-0.2, -0.15) is 0 Å². The van der Waals surface area contributed by atoms with Gasteiger partial charge in [0.1, 0.15) is 11.3 Å². The van der Waals surface area contributed by atoms with Crippen LogP contribution >= 0.6 is 0 Å². The number of amides is 1. The van der Waals surface area contributed by atoms with Gasteiger partial charge < -0.3 is 25.0 Å². The molecule has 0 aromatic heterocycles. The number of hydrogen-bond donors (Lipinski definition) is 3. The summed E-state index contributed by atoms with van der Waals surface area (Å²) in [4.78, 5) is 23.2. The number of anilines is 1. The summed E-state index contributed by atoms with van der Waals surface area (Å²) >= 11 is 0. The summed E-state index contributed by atoms with van der Waals surface area (Å²) in [6.45, 7) is 0. The fraction of sp³-hybridized carbons (Fsp3) is 0.125. The molecule has 0 atom stereocenters. The van der Waals surface area contributed by atoms with Gasteiger partial charge in [0.25, 0.3) is 5.91 Å². The fourth-order valence-corrected chi connectivity index (χ4v) is 1.97. The van der Waals surface area contributed by atoms with E-state index >= 15 is 0 Å². The molecule has 23 heavy (non-hydrogen) atoms. The third-order valence-electron chi connectivity index (χ3n) is 3.13. The highest BCUT2D eigenvalue weighted by atomic mass is 16.5. The molecule has 0 fully saturated rings. The van der Waals surface area contributed by atoms with Crippen molar-refractivity contribution < 1.29 is 29.3 Å². The first-order valence-electron chi connectivity index (χ1n) is 6.56. The predicted molar refractivity (Wildman–Crippen MR) is 82.6 cm³/mol. The van der Waals surface area contributed by atoms with Crippen LogP contribution in [0.4, 0.5) is 5.69 Å². The van der Waals surface area contributed by atoms with E-state index < -0.39 is 11.9 Å². The topological polar surface area (TPSA) is 105 Å². The number of benzene rings is 2. The number of phenols is 1. The molecule has 0 spiro atoms. The van der Waals surface area contributed by atoms with Crippen LogP contribution in [0.3, 0.4) is 0 Å². The van der Waals surface area contributed by atoms with E-state index in [-0.39, 0.29) is 17.0 Å². The highest BCUT2D eigenvalue weighted by Crippen LogP contribution is 2.28. The van der Waals surface area contributed by atoms with Crippen LogP contribution in [0.15, 0.2) is 36.4 Å². The van der Waals surface area contributed by atoms with Crippen molar-refractivity contribution >= 4 is 17.6 Å². The van der Waals surface area contributed by atoms with Crippen molar-refractivity contribution in [1.29, 1.82) is 0 Å². The first kappa shape index (κ1) is 16.2.